The Morgan fingerprint density at radius 2 is 1.93 bits per heavy atom. The molecule has 0 aromatic rings. The van der Waals surface area contributed by atoms with Gasteiger partial charge >= 0.3 is 0 Å². The van der Waals surface area contributed by atoms with Gasteiger partial charge in [-0.05, 0) is 13.8 Å². The molecule has 0 spiro atoms. The van der Waals surface area contributed by atoms with Crippen LogP contribution in [0, 0.1) is 0 Å². The highest BCUT2D eigenvalue weighted by molar-refractivity contribution is 4.90. The second kappa shape index (κ2) is 5.80. The van der Waals surface area contributed by atoms with Crippen molar-refractivity contribution < 1.29 is 19.3 Å². The van der Waals surface area contributed by atoms with Gasteiger partial charge in [-0.25, -0.2) is 0 Å². The Morgan fingerprint density at radius 3 is 2.40 bits per heavy atom. The highest BCUT2D eigenvalue weighted by atomic mass is 16.5. The van der Waals surface area contributed by atoms with E-state index in [0.717, 1.165) is 12.8 Å². The molecule has 1 aliphatic rings. The van der Waals surface area contributed by atoms with Gasteiger partial charge in [-0.2, -0.15) is 0 Å². The van der Waals surface area contributed by atoms with Crippen molar-refractivity contribution in [3.05, 3.63) is 0 Å². The van der Waals surface area contributed by atoms with Crippen LogP contribution in [0.25, 0.3) is 0 Å². The summed E-state index contributed by atoms with van der Waals surface area (Å²) in [5.41, 5.74) is -0.479. The van der Waals surface area contributed by atoms with Gasteiger partial charge in [0.25, 0.3) is 0 Å². The van der Waals surface area contributed by atoms with Crippen molar-refractivity contribution in [2.75, 3.05) is 26.9 Å². The van der Waals surface area contributed by atoms with Gasteiger partial charge in [0.2, 0.25) is 0 Å². The molecule has 1 fully saturated rings. The number of rotatable bonds is 5. The molecule has 90 valence electrons. The molecule has 0 saturated carbocycles. The number of aliphatic hydroxyl groups is 1. The van der Waals surface area contributed by atoms with Crippen LogP contribution >= 0.6 is 0 Å². The second-order valence-electron chi connectivity index (χ2n) is 4.28. The van der Waals surface area contributed by atoms with E-state index in [-0.39, 0.29) is 6.10 Å². The van der Waals surface area contributed by atoms with Gasteiger partial charge in [0.15, 0.2) is 0 Å². The van der Waals surface area contributed by atoms with Crippen LogP contribution < -0.4 is 0 Å². The molecule has 1 saturated heterocycles. The molecule has 4 heteroatoms. The molecule has 4 nitrogen and oxygen atoms in total. The van der Waals surface area contributed by atoms with Crippen molar-refractivity contribution in [2.45, 2.75) is 44.5 Å². The Hall–Kier alpha value is -0.160. The number of hydrogen-bond acceptors (Lipinski definition) is 4. The summed E-state index contributed by atoms with van der Waals surface area (Å²) in [5, 5.41) is 10.1. The zero-order valence-electron chi connectivity index (χ0n) is 9.86. The van der Waals surface area contributed by atoms with Crippen LogP contribution in [-0.2, 0) is 14.2 Å². The zero-order valence-corrected chi connectivity index (χ0v) is 9.86. The van der Waals surface area contributed by atoms with E-state index in [4.69, 9.17) is 14.2 Å². The number of aliphatic hydroxyl groups excluding tert-OH is 1. The summed E-state index contributed by atoms with van der Waals surface area (Å²) in [6, 6.07) is 0. The maximum atomic E-state index is 10.1. The fourth-order valence-electron chi connectivity index (χ4n) is 1.83. The highest BCUT2D eigenvalue weighted by Crippen LogP contribution is 2.28. The molecule has 1 atom stereocenters. The van der Waals surface area contributed by atoms with E-state index in [1.54, 1.807) is 7.11 Å². The van der Waals surface area contributed by atoms with E-state index in [1.165, 1.54) is 0 Å². The van der Waals surface area contributed by atoms with Gasteiger partial charge in [0.05, 0.1) is 12.7 Å². The molecule has 0 bridgehead atoms. The molecule has 0 aromatic heterocycles. The van der Waals surface area contributed by atoms with E-state index in [2.05, 4.69) is 0 Å². The summed E-state index contributed by atoms with van der Waals surface area (Å²) < 4.78 is 16.1. The van der Waals surface area contributed by atoms with Crippen molar-refractivity contribution in [1.82, 2.24) is 0 Å². The molecule has 1 heterocycles. The minimum absolute atomic E-state index is 0.133. The third-order valence-electron chi connectivity index (χ3n) is 2.94. The predicted octanol–water partition coefficient (Wildman–Crippen LogP) is 0.968. The first kappa shape index (κ1) is 12.9. The smallest absolute Gasteiger partial charge is 0.106 e. The van der Waals surface area contributed by atoms with Crippen molar-refractivity contribution >= 4 is 0 Å². The van der Waals surface area contributed by atoms with Crippen LogP contribution in [0.3, 0.4) is 0 Å². The summed E-state index contributed by atoms with van der Waals surface area (Å²) >= 11 is 0. The monoisotopic (exact) mass is 218 g/mol. The lowest BCUT2D eigenvalue weighted by molar-refractivity contribution is -0.171. The normalized spacial score (nSPS) is 23.0. The third kappa shape index (κ3) is 3.41. The molecule has 1 rings (SSSR count). The quantitative estimate of drug-likeness (QED) is 0.747. The van der Waals surface area contributed by atoms with Crippen LogP contribution in [0.5, 0.6) is 0 Å². The lowest BCUT2D eigenvalue weighted by Gasteiger charge is -2.39. The number of methoxy groups -OCH3 is 1. The van der Waals surface area contributed by atoms with Crippen molar-refractivity contribution in [3.63, 3.8) is 0 Å². The SMILES string of the molecule is COC1(C(O)COC(C)C)CCOCC1. The maximum absolute atomic E-state index is 10.1. The number of hydrogen-bond donors (Lipinski definition) is 1. The molecule has 0 amide bonds. The average Bonchev–Trinajstić information content (AvgIpc) is 2.26. The second-order valence-corrected chi connectivity index (χ2v) is 4.28. The molecular formula is C11H22O4. The van der Waals surface area contributed by atoms with E-state index in [0.29, 0.717) is 19.8 Å². The Bertz CT molecular complexity index is 175. The predicted molar refractivity (Wildman–Crippen MR) is 56.9 cm³/mol. The van der Waals surface area contributed by atoms with Crippen LogP contribution in [-0.4, -0.2) is 49.8 Å². The van der Waals surface area contributed by atoms with Gasteiger partial charge in [-0.3, -0.25) is 0 Å². The van der Waals surface area contributed by atoms with E-state index in [9.17, 15) is 5.11 Å². The molecule has 0 aromatic carbocycles. The number of ether oxygens (including phenoxy) is 3. The summed E-state index contributed by atoms with van der Waals surface area (Å²) in [4.78, 5) is 0. The van der Waals surface area contributed by atoms with Crippen LogP contribution in [0.1, 0.15) is 26.7 Å². The van der Waals surface area contributed by atoms with Crippen LogP contribution in [0.2, 0.25) is 0 Å². The summed E-state index contributed by atoms with van der Waals surface area (Å²) in [7, 11) is 1.64. The van der Waals surface area contributed by atoms with Crippen LogP contribution in [0.15, 0.2) is 0 Å². The largest absolute Gasteiger partial charge is 0.388 e. The molecular weight excluding hydrogens is 196 g/mol. The van der Waals surface area contributed by atoms with E-state index < -0.39 is 11.7 Å². The summed E-state index contributed by atoms with van der Waals surface area (Å²) in [5.74, 6) is 0. The minimum Gasteiger partial charge on any atom is -0.388 e. The van der Waals surface area contributed by atoms with Gasteiger partial charge in [-0.15, -0.1) is 0 Å². The summed E-state index contributed by atoms with van der Waals surface area (Å²) in [6.45, 7) is 5.52. The first-order valence-electron chi connectivity index (χ1n) is 5.53. The van der Waals surface area contributed by atoms with Gasteiger partial charge in [0.1, 0.15) is 11.7 Å². The molecule has 0 radical (unpaired) electrons. The summed E-state index contributed by atoms with van der Waals surface area (Å²) in [6.07, 6.45) is 1.01. The third-order valence-corrected chi connectivity index (χ3v) is 2.94. The Labute approximate surface area is 91.5 Å². The molecule has 0 aliphatic carbocycles. The Kier molecular flexibility index (Phi) is 4.99. The van der Waals surface area contributed by atoms with Crippen molar-refractivity contribution in [2.24, 2.45) is 0 Å². The maximum Gasteiger partial charge on any atom is 0.106 e. The van der Waals surface area contributed by atoms with E-state index in [1.807, 2.05) is 13.8 Å². The standard InChI is InChI=1S/C11H22O4/c1-9(2)15-8-10(12)11(13-3)4-6-14-7-5-11/h9-10,12H,4-8H2,1-3H3. The topological polar surface area (TPSA) is 47.9 Å². The lowest BCUT2D eigenvalue weighted by Crippen LogP contribution is -2.50. The van der Waals surface area contributed by atoms with Gasteiger partial charge < -0.3 is 19.3 Å². The first-order chi connectivity index (χ1) is 7.10. The molecule has 1 aliphatic heterocycles. The Balaban J connectivity index is 2.48. The van der Waals surface area contributed by atoms with E-state index >= 15 is 0 Å². The van der Waals surface area contributed by atoms with Gasteiger partial charge in [-0.1, -0.05) is 0 Å². The van der Waals surface area contributed by atoms with Crippen molar-refractivity contribution in [3.8, 4) is 0 Å². The fraction of sp³-hybridized carbons (Fsp3) is 1.00. The Morgan fingerprint density at radius 1 is 1.33 bits per heavy atom. The highest BCUT2D eigenvalue weighted by Gasteiger charge is 2.39. The zero-order chi connectivity index (χ0) is 11.3. The average molecular weight is 218 g/mol. The molecule has 15 heavy (non-hydrogen) atoms. The first-order valence-corrected chi connectivity index (χ1v) is 5.53. The van der Waals surface area contributed by atoms with Crippen LogP contribution in [0.4, 0.5) is 0 Å². The van der Waals surface area contributed by atoms with Gasteiger partial charge in [0, 0.05) is 33.2 Å². The lowest BCUT2D eigenvalue weighted by atomic mass is 9.88. The molecule has 1 unspecified atom stereocenters. The molecule has 1 N–H and O–H groups in total. The fourth-order valence-corrected chi connectivity index (χ4v) is 1.83. The van der Waals surface area contributed by atoms with Crippen molar-refractivity contribution in [1.29, 1.82) is 0 Å². The minimum atomic E-state index is -0.575.